The fourth-order valence-electron chi connectivity index (χ4n) is 11.9. The van der Waals surface area contributed by atoms with Gasteiger partial charge in [-0.05, 0) is 90.7 Å². The van der Waals surface area contributed by atoms with Gasteiger partial charge in [0.15, 0.2) is 0 Å². The number of para-hydroxylation sites is 1. The highest BCUT2D eigenvalue weighted by molar-refractivity contribution is 6.16. The van der Waals surface area contributed by atoms with E-state index < -0.39 is 186 Å². The van der Waals surface area contributed by atoms with E-state index in [0.29, 0.717) is 52.7 Å². The van der Waals surface area contributed by atoms with Crippen LogP contribution in [0.25, 0.3) is 32.3 Å². The quantitative estimate of drug-likeness (QED) is 0.0106. The lowest BCUT2D eigenvalue weighted by atomic mass is 9.96. The van der Waals surface area contributed by atoms with Crippen LogP contribution in [0.4, 0.5) is 0 Å². The maximum atomic E-state index is 13.1. The van der Waals surface area contributed by atoms with Crippen molar-refractivity contribution in [2.45, 2.75) is 136 Å². The summed E-state index contributed by atoms with van der Waals surface area (Å²) in [7, 11) is 3.37. The Morgan fingerprint density at radius 1 is 0.328 bits per heavy atom. The number of carbonyl (C=O) groups excluding carboxylic acids is 6. The largest absolute Gasteiger partial charge is 0.507 e. The summed E-state index contributed by atoms with van der Waals surface area (Å²) in [5.41, 5.74) is -10.7. The molecule has 11 N–H and O–H groups in total. The van der Waals surface area contributed by atoms with E-state index >= 15 is 0 Å². The molecule has 0 saturated heterocycles. The first kappa shape index (κ1) is 92.3. The molecule has 0 amide bonds. The first-order valence-corrected chi connectivity index (χ1v) is 36.2. The van der Waals surface area contributed by atoms with E-state index in [2.05, 4.69) is 29.2 Å². The van der Waals surface area contributed by atoms with Crippen LogP contribution in [0, 0.1) is 0 Å². The number of rotatable bonds is 33. The molecular formula is C78H87N9O32. The minimum atomic E-state index is -1.61. The van der Waals surface area contributed by atoms with E-state index in [4.69, 9.17) is 18.9 Å². The number of esters is 6. The zero-order valence-corrected chi connectivity index (χ0v) is 64.9. The van der Waals surface area contributed by atoms with Crippen molar-refractivity contribution < 1.29 is 113 Å². The smallest absolute Gasteiger partial charge is 0.342 e. The monoisotopic (exact) mass is 1660 g/mol. The Bertz CT molecular complexity index is 6000. The van der Waals surface area contributed by atoms with Crippen LogP contribution in [0.2, 0.25) is 0 Å². The number of aliphatic hydroxyl groups is 6. The van der Waals surface area contributed by atoms with Gasteiger partial charge in [-0.25, -0.2) is 113 Å². The number of aromatic hydroxyl groups is 5. The number of aliphatic hydroxyl groups excluding tert-OH is 6. The van der Waals surface area contributed by atoms with Crippen molar-refractivity contribution >= 4 is 68.1 Å². The third-order valence-electron chi connectivity index (χ3n) is 18.2. The van der Waals surface area contributed by atoms with Gasteiger partial charge in [0.05, 0.1) is 98.5 Å². The summed E-state index contributed by atoms with van der Waals surface area (Å²) in [6.07, 6.45) is -3.37. The molecule has 0 radical (unpaired) electrons. The molecule has 9 rings (SSSR count). The minimum absolute atomic E-state index is 0.0442. The summed E-state index contributed by atoms with van der Waals surface area (Å²) < 4.78 is 35.2. The van der Waals surface area contributed by atoms with E-state index in [0.717, 1.165) is 30.9 Å². The molecule has 6 aromatic carbocycles. The molecule has 6 unspecified atom stereocenters. The Labute approximate surface area is 670 Å². The summed E-state index contributed by atoms with van der Waals surface area (Å²) >= 11 is 0. The summed E-state index contributed by atoms with van der Waals surface area (Å²) in [6, 6.07) is 17.1. The zero-order valence-electron chi connectivity index (χ0n) is 64.9. The van der Waals surface area contributed by atoms with Crippen molar-refractivity contribution in [3.63, 3.8) is 0 Å². The number of fused-ring (bicyclic) bond motifs is 3. The SMILES string of the molecule is C=CCn1c(=O)n(CC(O)CC)c(=O)n(CC(O)COC(=O)c2c(O)ccc3c(C(=O)OC)c(O)ccc23)c1=O.C=CCn1c(=O)n(CC(O)CC)c(=O)n(CC(O)COC(=O)c2c(O)ccc3cc4c(C(=O)OC)c(O)ccc4cc23)c1=O.C=CCn1c(=O)n(CC(O)CC)c(=O)n(CC(O)COC(=O)c2cccc(C(=O)OC)c2O)c1=O. The second kappa shape index (κ2) is 41.1. The molecule has 0 fully saturated rings. The summed E-state index contributed by atoms with van der Waals surface area (Å²) in [5.74, 6) is -8.12. The molecule has 41 heteroatoms. The normalized spacial score (nSPS) is 12.6. The van der Waals surface area contributed by atoms with Crippen molar-refractivity contribution in [2.75, 3.05) is 41.2 Å². The number of methoxy groups -OCH3 is 3. The third-order valence-corrected chi connectivity index (χ3v) is 18.2. The van der Waals surface area contributed by atoms with Gasteiger partial charge in [0.25, 0.3) is 0 Å². The Balaban J connectivity index is 0.000000248. The number of nitrogens with zero attached hydrogens (tertiary/aromatic N) is 9. The lowest BCUT2D eigenvalue weighted by Crippen LogP contribution is -2.56. The molecule has 0 saturated carbocycles. The van der Waals surface area contributed by atoms with Gasteiger partial charge >= 0.3 is 87.0 Å². The Kier molecular flexibility index (Phi) is 31.9. The fourth-order valence-corrected chi connectivity index (χ4v) is 11.9. The maximum Gasteiger partial charge on any atom is 0.342 e. The molecule has 3 heterocycles. The number of phenolic OH excluding ortho intramolecular Hbond substituents is 5. The lowest BCUT2D eigenvalue weighted by molar-refractivity contribution is 0.0201. The van der Waals surface area contributed by atoms with Crippen LogP contribution in [0.5, 0.6) is 28.7 Å². The molecule has 6 atom stereocenters. The van der Waals surface area contributed by atoms with Gasteiger partial charge < -0.3 is 84.6 Å². The number of carbonyl (C=O) groups is 6. The summed E-state index contributed by atoms with van der Waals surface area (Å²) in [5, 5.41) is 114. The molecule has 41 nitrogen and oxygen atoms in total. The number of ether oxygens (including phenoxy) is 6. The van der Waals surface area contributed by atoms with E-state index in [9.17, 15) is 128 Å². The standard InChI is InChI=1S/C30H31N3O11.C26H29N3O11.C22H27N3O10/c1-4-10-31-28(40)32(13-18(34)5-2)30(42)33(29(31)41)14-19(35)15-44-27(39)25-21-12-16-6-8-22(36)24(26(38)43-3)20(16)11-17(21)7-9-23(25)37;1-4-10-27-24(36)28(11-14(30)5-2)26(38)29(25(27)37)12-15(31)13-40-23(35)21-17-7-8-18(32)20(22(34)39-3)16(17)6-9-19(21)33;1-4-9-23-20(31)24(10-13(26)5-2)22(33)25(21(23)32)11-14(27)12-35-19(30)16-8-6-7-15(17(16)28)18(29)34-3/h4,6-9,11-12,18-19,34-37H,1,5,10,13-15H2,2-3H3;4,6-9,14-15,30-33H,1,5,10-13H2,2-3H3;4,6-8,13-14,26-28H,1,5,9-12H2,2-3H3. The van der Waals surface area contributed by atoms with Crippen molar-refractivity contribution in [3.8, 4) is 28.7 Å². The highest BCUT2D eigenvalue weighted by Gasteiger charge is 2.30. The Morgan fingerprint density at radius 3 is 0.857 bits per heavy atom. The predicted molar refractivity (Wildman–Crippen MR) is 420 cm³/mol. The van der Waals surface area contributed by atoms with Gasteiger partial charge in [0.2, 0.25) is 0 Å². The zero-order chi connectivity index (χ0) is 88.3. The number of benzene rings is 6. The highest BCUT2D eigenvalue weighted by atomic mass is 16.6. The molecule has 0 aliphatic heterocycles. The molecule has 3 aromatic heterocycles. The first-order valence-electron chi connectivity index (χ1n) is 36.2. The second-order valence-electron chi connectivity index (χ2n) is 26.3. The molecule has 119 heavy (non-hydrogen) atoms. The number of allylic oxidation sites excluding steroid dienone is 3. The van der Waals surface area contributed by atoms with Crippen LogP contribution < -0.4 is 51.2 Å². The van der Waals surface area contributed by atoms with Gasteiger partial charge in [-0.15, -0.1) is 19.7 Å². The number of phenols is 5. The second-order valence-corrected chi connectivity index (χ2v) is 26.3. The number of hydrogen-bond acceptors (Lipinski definition) is 32. The molecule has 0 bridgehead atoms. The van der Waals surface area contributed by atoms with Crippen LogP contribution >= 0.6 is 0 Å². The molecule has 0 aliphatic rings. The van der Waals surface area contributed by atoms with Crippen molar-refractivity contribution in [2.24, 2.45) is 0 Å². The van der Waals surface area contributed by atoms with Gasteiger partial charge in [0.1, 0.15) is 100 Å². The summed E-state index contributed by atoms with van der Waals surface area (Å²) in [6.45, 7) is 9.43. The predicted octanol–water partition coefficient (Wildman–Crippen LogP) is -0.613. The number of aromatic nitrogens is 9. The molecule has 0 aliphatic carbocycles. The van der Waals surface area contributed by atoms with Crippen molar-refractivity contribution in [1.82, 2.24) is 41.1 Å². The van der Waals surface area contributed by atoms with E-state index in [1.54, 1.807) is 20.8 Å². The lowest BCUT2D eigenvalue weighted by Gasteiger charge is -2.17. The van der Waals surface area contributed by atoms with Crippen LogP contribution in [0.3, 0.4) is 0 Å². The van der Waals surface area contributed by atoms with Crippen molar-refractivity contribution in [1.29, 1.82) is 0 Å². The van der Waals surface area contributed by atoms with Gasteiger partial charge in [-0.1, -0.05) is 57.2 Å². The molecule has 0 spiro atoms. The van der Waals surface area contributed by atoms with Crippen LogP contribution in [0.15, 0.2) is 160 Å². The topological polar surface area (TPSA) is 578 Å². The Morgan fingerprint density at radius 2 is 0.571 bits per heavy atom. The summed E-state index contributed by atoms with van der Waals surface area (Å²) in [4.78, 5) is 190. The van der Waals surface area contributed by atoms with Gasteiger partial charge in [0, 0.05) is 21.5 Å². The maximum absolute atomic E-state index is 13.1. The average molecular weight is 1660 g/mol. The van der Waals surface area contributed by atoms with E-state index in [-0.39, 0.29) is 114 Å². The van der Waals surface area contributed by atoms with Gasteiger partial charge in [-0.2, -0.15) is 0 Å². The minimum Gasteiger partial charge on any atom is -0.507 e. The van der Waals surface area contributed by atoms with Crippen LogP contribution in [-0.4, -0.2) is 211 Å². The fraction of sp³-hybridized carbons (Fsp3) is 0.346. The van der Waals surface area contributed by atoms with Gasteiger partial charge in [-0.3, -0.25) is 0 Å². The van der Waals surface area contributed by atoms with Crippen LogP contribution in [-0.2, 0) is 87.3 Å². The molecule has 636 valence electrons. The van der Waals surface area contributed by atoms with E-state index in [1.807, 2.05) is 0 Å². The molecule has 9 aromatic rings. The molecular weight excluding hydrogens is 1570 g/mol. The average Bonchev–Trinajstić information content (AvgIpc) is 0.781. The Hall–Kier alpha value is -13.9. The van der Waals surface area contributed by atoms with Crippen LogP contribution in [0.1, 0.15) is 102 Å². The first-order chi connectivity index (χ1) is 56.4. The highest BCUT2D eigenvalue weighted by Crippen LogP contribution is 2.37. The number of hydrogen-bond donors (Lipinski definition) is 11. The van der Waals surface area contributed by atoms with Crippen molar-refractivity contribution in [3.05, 3.63) is 245 Å². The van der Waals surface area contributed by atoms with E-state index in [1.165, 1.54) is 92.1 Å². The third kappa shape index (κ3) is 20.9.